The highest BCUT2D eigenvalue weighted by Crippen LogP contribution is 2.34. The number of rotatable bonds is 9. The van der Waals surface area contributed by atoms with Crippen LogP contribution in [0, 0.1) is 17.3 Å². The molecule has 11 heteroatoms. The largest absolute Gasteiger partial charge is 0.476 e. The summed E-state index contributed by atoms with van der Waals surface area (Å²) in [6.45, 7) is 16.3. The van der Waals surface area contributed by atoms with Crippen molar-refractivity contribution in [3.8, 4) is 0 Å². The van der Waals surface area contributed by atoms with Gasteiger partial charge in [0, 0.05) is 14.2 Å². The molecule has 2 bridgehead atoms. The molecule has 2 N–H and O–H groups in total. The third-order valence-corrected chi connectivity index (χ3v) is 8.88. The van der Waals surface area contributed by atoms with Gasteiger partial charge in [0.25, 0.3) is 5.91 Å². The summed E-state index contributed by atoms with van der Waals surface area (Å²) >= 11 is 0. The minimum Gasteiger partial charge on any atom is -0.476 e. The molecule has 0 aromatic heterocycles. The highest BCUT2D eigenvalue weighted by Gasteiger charge is 2.48. The van der Waals surface area contributed by atoms with Crippen LogP contribution in [0.2, 0.25) is 0 Å². The minimum absolute atomic E-state index is 0.0138. The quantitative estimate of drug-likeness (QED) is 0.391. The lowest BCUT2D eigenvalue weighted by Crippen LogP contribution is -2.58. The van der Waals surface area contributed by atoms with Crippen molar-refractivity contribution in [2.24, 2.45) is 22.2 Å². The summed E-state index contributed by atoms with van der Waals surface area (Å²) in [5, 5.41) is 5.74. The lowest BCUT2D eigenvalue weighted by Gasteiger charge is -2.38. The van der Waals surface area contributed by atoms with E-state index in [4.69, 9.17) is 14.2 Å². The highest BCUT2D eigenvalue weighted by atomic mass is 16.5. The van der Waals surface area contributed by atoms with E-state index in [1.807, 2.05) is 20.8 Å². The smallest absolute Gasteiger partial charge is 0.328 e. The van der Waals surface area contributed by atoms with Crippen LogP contribution in [-0.2, 0) is 33.4 Å². The van der Waals surface area contributed by atoms with Crippen LogP contribution in [0.25, 0.3) is 0 Å². The fourth-order valence-electron chi connectivity index (χ4n) is 5.83. The van der Waals surface area contributed by atoms with E-state index in [0.717, 1.165) is 19.3 Å². The normalized spacial score (nSPS) is 31.3. The second kappa shape index (κ2) is 14.7. The maximum atomic E-state index is 13.7. The predicted molar refractivity (Wildman–Crippen MR) is 161 cm³/mol. The molecule has 0 aromatic carbocycles. The van der Waals surface area contributed by atoms with Gasteiger partial charge in [0.15, 0.2) is 5.54 Å². The first-order valence-corrected chi connectivity index (χ1v) is 15.4. The Bertz CT molecular complexity index is 1020. The molecule has 0 aliphatic carbocycles. The molecule has 2 rings (SSSR count). The van der Waals surface area contributed by atoms with E-state index < -0.39 is 47.1 Å². The Morgan fingerprint density at radius 3 is 2.21 bits per heavy atom. The van der Waals surface area contributed by atoms with E-state index in [-0.39, 0.29) is 42.3 Å². The number of hydrogen-bond donors (Lipinski definition) is 2. The van der Waals surface area contributed by atoms with Gasteiger partial charge in [-0.25, -0.2) is 9.79 Å². The van der Waals surface area contributed by atoms with E-state index in [1.54, 1.807) is 48.8 Å². The maximum absolute atomic E-state index is 13.7. The van der Waals surface area contributed by atoms with Crippen LogP contribution in [0.15, 0.2) is 4.99 Å². The number of aliphatic imine (C=N–C) groups is 1. The molecule has 0 saturated heterocycles. The third-order valence-electron chi connectivity index (χ3n) is 8.88. The van der Waals surface area contributed by atoms with Gasteiger partial charge in [-0.3, -0.25) is 14.4 Å². The Labute approximate surface area is 251 Å². The minimum atomic E-state index is -1.26. The molecular weight excluding hydrogens is 540 g/mol. The van der Waals surface area contributed by atoms with Crippen molar-refractivity contribution in [1.29, 1.82) is 0 Å². The Morgan fingerprint density at radius 2 is 1.64 bits per heavy atom. The van der Waals surface area contributed by atoms with E-state index >= 15 is 0 Å². The first-order chi connectivity index (χ1) is 19.5. The number of carbonyl (C=O) groups excluding carboxylic acids is 4. The molecule has 3 amide bonds. The third kappa shape index (κ3) is 8.02. The Balaban J connectivity index is 2.53. The summed E-state index contributed by atoms with van der Waals surface area (Å²) in [4.78, 5) is 60.5. The number of hydrogen-bond acceptors (Lipinski definition) is 8. The van der Waals surface area contributed by atoms with E-state index in [9.17, 15) is 19.2 Å². The van der Waals surface area contributed by atoms with E-state index in [0.29, 0.717) is 12.8 Å². The van der Waals surface area contributed by atoms with Gasteiger partial charge in [-0.15, -0.1) is 0 Å². The molecule has 0 radical (unpaired) electrons. The molecular formula is C31H54N4O7. The van der Waals surface area contributed by atoms with Crippen molar-refractivity contribution in [3.05, 3.63) is 0 Å². The van der Waals surface area contributed by atoms with Crippen LogP contribution in [0.4, 0.5) is 0 Å². The average Bonchev–Trinajstić information content (AvgIpc) is 3.35. The molecule has 0 aromatic rings. The number of methoxy groups -OCH3 is 1. The first kappa shape index (κ1) is 35.5. The molecule has 11 nitrogen and oxygen atoms in total. The maximum Gasteiger partial charge on any atom is 0.328 e. The zero-order chi connectivity index (χ0) is 32.0. The van der Waals surface area contributed by atoms with Gasteiger partial charge in [0.05, 0.1) is 11.5 Å². The van der Waals surface area contributed by atoms with Gasteiger partial charge in [-0.1, -0.05) is 40.5 Å². The van der Waals surface area contributed by atoms with Crippen LogP contribution in [-0.4, -0.2) is 91.1 Å². The highest BCUT2D eigenvalue weighted by molar-refractivity contribution is 5.98. The van der Waals surface area contributed by atoms with Crippen molar-refractivity contribution in [3.63, 3.8) is 0 Å². The Hall–Kier alpha value is -2.69. The lowest BCUT2D eigenvalue weighted by molar-refractivity contribution is -0.167. The second-order valence-electron chi connectivity index (χ2n) is 13.0. The summed E-state index contributed by atoms with van der Waals surface area (Å²) in [5.74, 6) is -1.99. The Kier molecular flexibility index (Phi) is 12.4. The summed E-state index contributed by atoms with van der Waals surface area (Å²) in [7, 11) is 3.26. The van der Waals surface area contributed by atoms with Crippen molar-refractivity contribution in [2.45, 2.75) is 130 Å². The molecule has 240 valence electrons. The van der Waals surface area contributed by atoms with E-state index in [2.05, 4.69) is 22.5 Å². The van der Waals surface area contributed by atoms with Gasteiger partial charge in [0.1, 0.15) is 30.8 Å². The molecule has 8 atom stereocenters. The summed E-state index contributed by atoms with van der Waals surface area (Å²) < 4.78 is 17.5. The van der Waals surface area contributed by atoms with Gasteiger partial charge in [-0.2, -0.15) is 0 Å². The summed E-state index contributed by atoms with van der Waals surface area (Å²) in [6.07, 6.45) is 3.22. The van der Waals surface area contributed by atoms with Crippen molar-refractivity contribution in [1.82, 2.24) is 15.5 Å². The number of fused-ring (bicyclic) bond motifs is 1. The number of nitrogens with zero attached hydrogens (tertiary/aromatic N) is 2. The molecule has 2 aliphatic rings. The average molecular weight is 595 g/mol. The number of ether oxygens (including phenoxy) is 3. The molecule has 2 heterocycles. The number of amides is 3. The van der Waals surface area contributed by atoms with E-state index in [1.165, 1.54) is 4.90 Å². The van der Waals surface area contributed by atoms with Gasteiger partial charge in [-0.05, 0) is 65.7 Å². The molecule has 2 aliphatic heterocycles. The number of cyclic esters (lactones) is 1. The fourth-order valence-corrected chi connectivity index (χ4v) is 5.83. The zero-order valence-corrected chi connectivity index (χ0v) is 27.5. The molecule has 0 spiro atoms. The zero-order valence-electron chi connectivity index (χ0n) is 27.5. The number of nitrogens with one attached hydrogen (secondary N) is 2. The SMILES string of the molecule is CCC[C@@H](CC[C@H](C)[C@H]1OC(=O)[C@H](C)NC(=O)[C@H]([C@@H](C)CC)N(C)C(=O)[C@]2(C)COC(=N2)[C@H](C)NC(=O)C1(C)C)OC. The van der Waals surface area contributed by atoms with Gasteiger partial charge >= 0.3 is 5.97 Å². The fraction of sp³-hybridized carbons (Fsp3) is 0.839. The van der Waals surface area contributed by atoms with Crippen molar-refractivity contribution >= 4 is 29.6 Å². The number of likely N-dealkylation sites (N-methyl/N-ethyl adjacent to an activating group) is 1. The second-order valence-corrected chi connectivity index (χ2v) is 13.0. The lowest BCUT2D eigenvalue weighted by atomic mass is 9.77. The van der Waals surface area contributed by atoms with Gasteiger partial charge < -0.3 is 29.7 Å². The van der Waals surface area contributed by atoms with Crippen LogP contribution in [0.3, 0.4) is 0 Å². The molecule has 0 fully saturated rings. The molecule has 0 unspecified atom stereocenters. The van der Waals surface area contributed by atoms with Crippen LogP contribution >= 0.6 is 0 Å². The van der Waals surface area contributed by atoms with Gasteiger partial charge in [0.2, 0.25) is 17.7 Å². The van der Waals surface area contributed by atoms with Crippen molar-refractivity contribution in [2.75, 3.05) is 20.8 Å². The first-order valence-electron chi connectivity index (χ1n) is 15.4. The predicted octanol–water partition coefficient (Wildman–Crippen LogP) is 3.24. The monoisotopic (exact) mass is 594 g/mol. The number of carbonyl (C=O) groups is 4. The molecule has 0 saturated carbocycles. The topological polar surface area (TPSA) is 136 Å². The summed E-state index contributed by atoms with van der Waals surface area (Å²) in [6, 6.07) is -2.48. The van der Waals surface area contributed by atoms with Crippen molar-refractivity contribution < 1.29 is 33.4 Å². The van der Waals surface area contributed by atoms with Crippen LogP contribution in [0.5, 0.6) is 0 Å². The molecule has 42 heavy (non-hydrogen) atoms. The van der Waals surface area contributed by atoms with Crippen LogP contribution < -0.4 is 10.6 Å². The standard InChI is InChI=1S/C31H54N4O7/c1-12-14-22(40-11)16-15-19(4)24-30(7,8)28(38)33-20(5)26-34-31(9,17-41-26)29(39)35(10)23(18(3)13-2)25(36)32-21(6)27(37)42-24/h18-24H,12-17H2,1-11H3,(H,32,36)(H,33,38)/t18-,19-,20-,21-,22-,23-,24+,31-/m0/s1. The Morgan fingerprint density at radius 1 is 1.00 bits per heavy atom. The van der Waals surface area contributed by atoms with Crippen LogP contribution in [0.1, 0.15) is 94.4 Å². The summed E-state index contributed by atoms with van der Waals surface area (Å²) in [5.41, 5.74) is -2.41. The number of esters is 1.